The second-order valence-electron chi connectivity index (χ2n) is 34.7. The highest BCUT2D eigenvalue weighted by Crippen LogP contribution is 2.42. The molecule has 586 valence electrons. The van der Waals surface area contributed by atoms with Gasteiger partial charge in [0.25, 0.3) is 0 Å². The zero-order valence-corrected chi connectivity index (χ0v) is 73.4. The molecule has 0 saturated carbocycles. The number of aryl methyl sites for hydroxylation is 18. The van der Waals surface area contributed by atoms with Crippen LogP contribution >= 0.6 is 0 Å². The fourth-order valence-corrected chi connectivity index (χ4v) is 20.5. The van der Waals surface area contributed by atoms with Crippen molar-refractivity contribution < 1.29 is 0 Å². The molecule has 0 aliphatic heterocycles. The first-order valence-electron chi connectivity index (χ1n) is 42.8. The van der Waals surface area contributed by atoms with Crippen LogP contribution in [0.4, 0.5) is 17.1 Å². The van der Waals surface area contributed by atoms with Crippen LogP contribution in [0.1, 0.15) is 122 Å². The van der Waals surface area contributed by atoms with E-state index < -0.39 is 0 Å². The van der Waals surface area contributed by atoms with Crippen molar-refractivity contribution in [1.82, 2.24) is 0 Å². The van der Waals surface area contributed by atoms with Crippen LogP contribution in [0.2, 0.25) is 0 Å². The number of hydrogen-bond acceptors (Lipinski definition) is 1. The van der Waals surface area contributed by atoms with Gasteiger partial charge in [-0.15, -0.1) is 0 Å². The number of rotatable bonds is 20. The van der Waals surface area contributed by atoms with E-state index in [-0.39, 0.29) is 20.1 Å². The molecule has 0 aromatic heterocycles. The predicted molar refractivity (Wildman–Crippen MR) is 525 cm³/mol. The van der Waals surface area contributed by atoms with Crippen molar-refractivity contribution in [3.63, 3.8) is 0 Å². The second kappa shape index (κ2) is 34.3. The molecule has 1 nitrogen and oxygen atoms in total. The lowest BCUT2D eigenvalue weighted by atomic mass is 9.34. The molecule has 0 spiro atoms. The summed E-state index contributed by atoms with van der Waals surface area (Å²) >= 11 is 0. The van der Waals surface area contributed by atoms with Crippen LogP contribution in [0, 0.1) is 125 Å². The lowest BCUT2D eigenvalue weighted by Gasteiger charge is -2.25. The minimum absolute atomic E-state index is 0.0800. The van der Waals surface area contributed by atoms with Gasteiger partial charge in [0.15, 0.2) is 0 Å². The lowest BCUT2D eigenvalue weighted by Crippen LogP contribution is -2.55. The second-order valence-corrected chi connectivity index (χ2v) is 34.7. The van der Waals surface area contributed by atoms with E-state index in [4.69, 9.17) is 0 Å². The van der Waals surface area contributed by atoms with E-state index in [2.05, 4.69) is 457 Å². The number of hydrogen-bond donors (Lipinski definition) is 0. The molecular weight excluding hydrogens is 1440 g/mol. The first kappa shape index (κ1) is 81.0. The lowest BCUT2D eigenvalue weighted by molar-refractivity contribution is 1.28. The van der Waals surface area contributed by atoms with Crippen molar-refractivity contribution in [2.45, 2.75) is 125 Å². The molecule has 0 atom stereocenters. The van der Waals surface area contributed by atoms with Gasteiger partial charge in [-0.3, -0.25) is 0 Å². The molecule has 0 aliphatic rings. The summed E-state index contributed by atoms with van der Waals surface area (Å²) in [5, 5.41) is 0. The summed E-state index contributed by atoms with van der Waals surface area (Å²) in [6.45, 7) is 41.1. The number of nitrogens with zero attached hydrogens (tertiary/aromatic N) is 1. The molecule has 0 fully saturated rings. The van der Waals surface area contributed by atoms with Gasteiger partial charge in [0.2, 0.25) is 20.1 Å². The zero-order valence-electron chi connectivity index (χ0n) is 73.4. The highest BCUT2D eigenvalue weighted by atomic mass is 15.1. The topological polar surface area (TPSA) is 3.24 Å². The Labute approximate surface area is 716 Å². The average Bonchev–Trinajstić information content (AvgIpc) is 0.782. The molecule has 0 unspecified atom stereocenters. The van der Waals surface area contributed by atoms with Gasteiger partial charge in [-0.05, 0) is 239 Å². The van der Waals surface area contributed by atoms with E-state index in [1.807, 2.05) is 0 Å². The third-order valence-electron chi connectivity index (χ3n) is 25.3. The normalized spacial score (nSPS) is 11.2. The summed E-state index contributed by atoms with van der Waals surface area (Å²) in [5.74, 6) is 0. The SMILES string of the molecule is Cc1cc(C)c(B(c2ccc(-c3ccc(C(=C(c4ccc(-c5ccc(B(c6c(C)cc(C)cc6C)c6c(C)cc(C)cc6C)cc5)cc4)c4ccc(-c5ccc(N(c6ccccc6)c6ccccc6)cc5)cc4)c4ccc(-c5ccc(B(c6c(C)cc(C)cc6C)c6c(C)cc(C)cc6C)cc5)cc4)cc3)cc2)c2c(C)cc(C)cc2C)c(C)c1. The van der Waals surface area contributed by atoms with E-state index >= 15 is 0 Å². The van der Waals surface area contributed by atoms with E-state index in [1.165, 1.54) is 166 Å². The summed E-state index contributed by atoms with van der Waals surface area (Å²) in [6.07, 6.45) is 0. The summed E-state index contributed by atoms with van der Waals surface area (Å²) in [7, 11) is 0. The highest BCUT2D eigenvalue weighted by molar-refractivity contribution is 6.98. The quantitative estimate of drug-likeness (QED) is 0.0543. The van der Waals surface area contributed by atoms with Crippen molar-refractivity contribution in [1.29, 1.82) is 0 Å². The van der Waals surface area contributed by atoms with Gasteiger partial charge in [0.05, 0.1) is 0 Å². The Morgan fingerprint density at radius 2 is 0.317 bits per heavy atom. The Morgan fingerprint density at radius 1 is 0.167 bits per heavy atom. The largest absolute Gasteiger partial charge is 0.311 e. The molecule has 0 bridgehead atoms. The summed E-state index contributed by atoms with van der Waals surface area (Å²) in [4.78, 5) is 2.32. The standard InChI is InChI=1S/C116H108B3N/c1-73-61-79(7)111(80(8)62-73)117(112-81(9)63-74(2)64-82(112)10)103-53-45-95(46-54-103)91-29-37-99(38-30-91)109(100-39-31-92(32-40-100)96-47-55-104(56-48-96)118(113-83(11)65-75(3)66-84(113)12)114-85(13)67-76(4)68-86(114)14)110(102-43-35-94(36-44-102)98-51-59-108(60-52-98)120(106-25-21-19-22-26-106)107-27-23-20-24-28-107)101-41-33-93(34-42-101)97-49-57-105(58-50-97)119(115-87(15)69-77(5)70-88(115)16)116-89(17)71-78(6)72-90(116)18/h19-72H,1-18H3. The summed E-state index contributed by atoms with van der Waals surface area (Å²) in [5.41, 5.74) is 55.4. The average molecular weight is 1550 g/mol. The molecular formula is C116H108B3N. The van der Waals surface area contributed by atoms with E-state index in [0.717, 1.165) is 78.3 Å². The first-order valence-corrected chi connectivity index (χ1v) is 42.8. The van der Waals surface area contributed by atoms with Crippen molar-refractivity contribution in [2.24, 2.45) is 0 Å². The maximum atomic E-state index is 2.39. The third-order valence-corrected chi connectivity index (χ3v) is 25.3. The first-order chi connectivity index (χ1) is 57.9. The van der Waals surface area contributed by atoms with Crippen molar-refractivity contribution in [3.8, 4) is 44.5 Å². The van der Waals surface area contributed by atoms with Crippen molar-refractivity contribution in [3.05, 3.63) is 450 Å². The molecule has 16 aromatic rings. The zero-order chi connectivity index (χ0) is 83.9. The summed E-state index contributed by atoms with van der Waals surface area (Å²) in [6, 6.07) is 125. The van der Waals surface area contributed by atoms with Crippen LogP contribution in [0.5, 0.6) is 0 Å². The summed E-state index contributed by atoms with van der Waals surface area (Å²) < 4.78 is 0. The number of benzene rings is 16. The molecule has 0 N–H and O–H groups in total. The minimum atomic E-state index is 0.0800. The molecule has 0 amide bonds. The Hall–Kier alpha value is -12.7. The number of anilines is 3. The molecule has 16 aromatic carbocycles. The van der Waals surface area contributed by atoms with Crippen LogP contribution in [-0.4, -0.2) is 20.1 Å². The number of para-hydroxylation sites is 2. The van der Waals surface area contributed by atoms with E-state index in [0.29, 0.717) is 0 Å². The van der Waals surface area contributed by atoms with E-state index in [1.54, 1.807) is 0 Å². The Kier molecular flexibility index (Phi) is 23.2. The fourth-order valence-electron chi connectivity index (χ4n) is 20.5. The molecule has 4 heteroatoms. The predicted octanol–water partition coefficient (Wildman–Crippen LogP) is 23.9. The van der Waals surface area contributed by atoms with Crippen molar-refractivity contribution >= 4 is 97.5 Å². The Balaban J connectivity index is 0.836. The van der Waals surface area contributed by atoms with Gasteiger partial charge in [0, 0.05) is 17.1 Å². The van der Waals surface area contributed by atoms with Crippen LogP contribution in [0.15, 0.2) is 328 Å². The van der Waals surface area contributed by atoms with Gasteiger partial charge >= 0.3 is 0 Å². The van der Waals surface area contributed by atoms with Gasteiger partial charge < -0.3 is 4.90 Å². The minimum Gasteiger partial charge on any atom is -0.311 e. The fraction of sp³-hybridized carbons (Fsp3) is 0.155. The highest BCUT2D eigenvalue weighted by Gasteiger charge is 2.33. The van der Waals surface area contributed by atoms with Gasteiger partial charge in [-0.1, -0.05) is 440 Å². The van der Waals surface area contributed by atoms with Crippen LogP contribution in [0.3, 0.4) is 0 Å². The van der Waals surface area contributed by atoms with Gasteiger partial charge in [-0.2, -0.15) is 0 Å². The Bertz CT molecular complexity index is 5950. The third kappa shape index (κ3) is 16.5. The van der Waals surface area contributed by atoms with E-state index in [9.17, 15) is 0 Å². The van der Waals surface area contributed by atoms with Gasteiger partial charge in [-0.25, -0.2) is 0 Å². The molecule has 0 aliphatic carbocycles. The van der Waals surface area contributed by atoms with Crippen LogP contribution < -0.4 is 54.1 Å². The molecule has 0 heterocycles. The van der Waals surface area contributed by atoms with Crippen LogP contribution in [-0.2, 0) is 0 Å². The molecule has 120 heavy (non-hydrogen) atoms. The molecule has 0 radical (unpaired) electrons. The molecule has 16 rings (SSSR count). The van der Waals surface area contributed by atoms with Gasteiger partial charge in [0.1, 0.15) is 0 Å². The van der Waals surface area contributed by atoms with Crippen molar-refractivity contribution in [2.75, 3.05) is 4.90 Å². The smallest absolute Gasteiger partial charge is 0.242 e. The molecule has 0 saturated heterocycles. The Morgan fingerprint density at radius 3 is 0.492 bits per heavy atom. The monoisotopic (exact) mass is 1550 g/mol. The maximum absolute atomic E-state index is 2.39. The maximum Gasteiger partial charge on any atom is 0.242 e. The van der Waals surface area contributed by atoms with Crippen LogP contribution in [0.25, 0.3) is 55.7 Å².